The summed E-state index contributed by atoms with van der Waals surface area (Å²) in [6.45, 7) is 6.76. The summed E-state index contributed by atoms with van der Waals surface area (Å²) in [5, 5.41) is 0. The molecule has 3 nitrogen and oxygen atoms in total. The van der Waals surface area contributed by atoms with Gasteiger partial charge in [-0.25, -0.2) is 0 Å². The van der Waals surface area contributed by atoms with E-state index in [1.54, 1.807) is 0 Å². The molecule has 0 bridgehead atoms. The molecule has 59 valence electrons. The van der Waals surface area contributed by atoms with Crippen LogP contribution in [0.4, 0.5) is 0 Å². The Bertz CT molecular complexity index is 136. The van der Waals surface area contributed by atoms with Crippen molar-refractivity contribution in [1.29, 1.82) is 0 Å². The molecule has 1 heterocycles. The minimum absolute atomic E-state index is 0.187. The lowest BCUT2D eigenvalue weighted by molar-refractivity contribution is 0.0687. The lowest BCUT2D eigenvalue weighted by Crippen LogP contribution is -2.34. The molecule has 0 amide bonds. The predicted octanol–water partition coefficient (Wildman–Crippen LogP) is 0.842. The molecule has 0 N–H and O–H groups in total. The van der Waals surface area contributed by atoms with E-state index in [9.17, 15) is 4.21 Å². The molecule has 1 rings (SSSR count). The molecular weight excluding hydrogens is 152 g/mol. The van der Waals surface area contributed by atoms with E-state index in [0.717, 1.165) is 6.42 Å². The van der Waals surface area contributed by atoms with Gasteiger partial charge in [-0.15, -0.1) is 0 Å². The Morgan fingerprint density at radius 1 is 1.60 bits per heavy atom. The van der Waals surface area contributed by atoms with Gasteiger partial charge >= 0.3 is 11.4 Å². The Morgan fingerprint density at radius 3 is 2.50 bits per heavy atom. The first-order valence-electron chi connectivity index (χ1n) is 3.20. The summed E-state index contributed by atoms with van der Waals surface area (Å²) in [7, 11) is 0. The largest absolute Gasteiger partial charge is 0.304 e. The Labute approximate surface area is 63.6 Å². The van der Waals surface area contributed by atoms with Crippen molar-refractivity contribution in [1.82, 2.24) is 0 Å². The molecule has 1 radical (unpaired) electrons. The minimum Gasteiger partial charge on any atom is -0.268 e. The monoisotopic (exact) mass is 163 g/mol. The van der Waals surface area contributed by atoms with Gasteiger partial charge in [-0.05, 0) is 13.3 Å². The molecule has 1 aliphatic rings. The fraction of sp³-hybridized carbons (Fsp3) is 0.833. The molecule has 0 aliphatic carbocycles. The Balaban J connectivity index is 2.46. The highest BCUT2D eigenvalue weighted by molar-refractivity contribution is 7.75. The number of hydrogen-bond donors (Lipinski definition) is 0. The lowest BCUT2D eigenvalue weighted by Gasteiger charge is -2.29. The van der Waals surface area contributed by atoms with Gasteiger partial charge in [0.05, 0.1) is 13.2 Å². The normalized spacial score (nSPS) is 41.6. The summed E-state index contributed by atoms with van der Waals surface area (Å²) in [5.74, 6) is 0. The summed E-state index contributed by atoms with van der Waals surface area (Å²) >= 11 is -1.53. The van der Waals surface area contributed by atoms with Crippen LogP contribution in [0, 0.1) is 12.3 Å². The Morgan fingerprint density at radius 2 is 2.10 bits per heavy atom. The summed E-state index contributed by atoms with van der Waals surface area (Å²) in [6, 6.07) is 0. The van der Waals surface area contributed by atoms with E-state index in [1.807, 2.05) is 6.92 Å². The van der Waals surface area contributed by atoms with E-state index in [0.29, 0.717) is 13.2 Å². The lowest BCUT2D eigenvalue weighted by atomic mass is 9.90. The summed E-state index contributed by atoms with van der Waals surface area (Å²) < 4.78 is 20.0. The van der Waals surface area contributed by atoms with Gasteiger partial charge in [0.2, 0.25) is 0 Å². The van der Waals surface area contributed by atoms with E-state index in [1.165, 1.54) is 0 Å². The topological polar surface area (TPSA) is 35.5 Å². The van der Waals surface area contributed by atoms with Crippen molar-refractivity contribution < 1.29 is 12.6 Å². The van der Waals surface area contributed by atoms with Crippen LogP contribution in [0.25, 0.3) is 0 Å². The Kier molecular flexibility index (Phi) is 2.44. The van der Waals surface area contributed by atoms with E-state index in [2.05, 4.69) is 6.92 Å². The van der Waals surface area contributed by atoms with Crippen LogP contribution in [0.3, 0.4) is 0 Å². The van der Waals surface area contributed by atoms with Crippen LogP contribution in [0.1, 0.15) is 13.3 Å². The van der Waals surface area contributed by atoms with Crippen LogP contribution in [-0.4, -0.2) is 17.4 Å². The van der Waals surface area contributed by atoms with Crippen LogP contribution < -0.4 is 0 Å². The van der Waals surface area contributed by atoms with E-state index >= 15 is 0 Å². The summed E-state index contributed by atoms with van der Waals surface area (Å²) in [6.07, 6.45) is 0.879. The second-order valence-corrected chi connectivity index (χ2v) is 3.46. The predicted molar refractivity (Wildman–Crippen MR) is 38.1 cm³/mol. The van der Waals surface area contributed by atoms with Gasteiger partial charge in [0, 0.05) is 5.41 Å². The van der Waals surface area contributed by atoms with Crippen molar-refractivity contribution in [3.8, 4) is 0 Å². The molecule has 1 fully saturated rings. The van der Waals surface area contributed by atoms with Crippen molar-refractivity contribution in [2.75, 3.05) is 13.2 Å². The average Bonchev–Trinajstić information content (AvgIpc) is 1.96. The first-order valence-corrected chi connectivity index (χ1v) is 4.20. The molecule has 1 saturated heterocycles. The van der Waals surface area contributed by atoms with Crippen LogP contribution in [0.15, 0.2) is 0 Å². The fourth-order valence-electron chi connectivity index (χ4n) is 0.626. The molecule has 1 aliphatic heterocycles. The molecule has 4 heteroatoms. The molecule has 10 heavy (non-hydrogen) atoms. The number of rotatable bonds is 1. The summed E-state index contributed by atoms with van der Waals surface area (Å²) in [4.78, 5) is 0. The fourth-order valence-corrected chi connectivity index (χ4v) is 1.39. The standard InChI is InChI=1S/C6H11O3S/c1-3-6(2)4-8-10(7)9-5-6/h2-5H2,1H3. The molecular formula is C6H11O3S. The maximum absolute atomic E-state index is 10.5. The summed E-state index contributed by atoms with van der Waals surface area (Å²) in [5.41, 5.74) is -0.187. The highest BCUT2D eigenvalue weighted by Gasteiger charge is 2.29. The number of hydrogen-bond acceptors (Lipinski definition) is 3. The third-order valence-electron chi connectivity index (χ3n) is 1.67. The molecule has 0 aromatic heterocycles. The SMILES string of the molecule is [CH2]C1(CC)COS(=O)OC1. The maximum atomic E-state index is 10.5. The van der Waals surface area contributed by atoms with Crippen molar-refractivity contribution in [3.63, 3.8) is 0 Å². The molecule has 0 unspecified atom stereocenters. The molecule has 0 saturated carbocycles. The second kappa shape index (κ2) is 2.98. The molecule has 0 spiro atoms. The zero-order valence-corrected chi connectivity index (χ0v) is 6.78. The van der Waals surface area contributed by atoms with Crippen LogP contribution in [0.5, 0.6) is 0 Å². The molecule has 0 atom stereocenters. The van der Waals surface area contributed by atoms with Crippen molar-refractivity contribution in [2.24, 2.45) is 5.41 Å². The average molecular weight is 163 g/mol. The highest BCUT2D eigenvalue weighted by Crippen LogP contribution is 2.25. The second-order valence-electron chi connectivity index (χ2n) is 2.58. The third kappa shape index (κ3) is 1.78. The quantitative estimate of drug-likeness (QED) is 0.574. The first kappa shape index (κ1) is 8.17. The highest BCUT2D eigenvalue weighted by atomic mass is 32.2. The van der Waals surface area contributed by atoms with Gasteiger partial charge in [0.1, 0.15) is 0 Å². The maximum Gasteiger partial charge on any atom is 0.304 e. The van der Waals surface area contributed by atoms with Crippen molar-refractivity contribution >= 4 is 11.4 Å². The van der Waals surface area contributed by atoms with Gasteiger partial charge in [-0.3, -0.25) is 8.37 Å². The van der Waals surface area contributed by atoms with Crippen molar-refractivity contribution in [3.05, 3.63) is 6.92 Å². The first-order chi connectivity index (χ1) is 4.66. The van der Waals surface area contributed by atoms with Crippen LogP contribution in [0.2, 0.25) is 0 Å². The van der Waals surface area contributed by atoms with Crippen molar-refractivity contribution in [2.45, 2.75) is 13.3 Å². The van der Waals surface area contributed by atoms with Gasteiger partial charge in [0.15, 0.2) is 0 Å². The van der Waals surface area contributed by atoms with Gasteiger partial charge in [-0.2, -0.15) is 4.21 Å². The van der Waals surface area contributed by atoms with Gasteiger partial charge in [-0.1, -0.05) is 6.92 Å². The molecule has 0 aromatic rings. The zero-order valence-electron chi connectivity index (χ0n) is 5.96. The van der Waals surface area contributed by atoms with E-state index < -0.39 is 11.4 Å². The van der Waals surface area contributed by atoms with Crippen LogP contribution >= 0.6 is 0 Å². The molecule has 0 aromatic carbocycles. The third-order valence-corrected chi connectivity index (χ3v) is 2.29. The van der Waals surface area contributed by atoms with Crippen LogP contribution in [-0.2, 0) is 19.7 Å². The van der Waals surface area contributed by atoms with Gasteiger partial charge < -0.3 is 0 Å². The van der Waals surface area contributed by atoms with E-state index in [-0.39, 0.29) is 5.41 Å². The van der Waals surface area contributed by atoms with E-state index in [4.69, 9.17) is 8.37 Å². The van der Waals surface area contributed by atoms with Gasteiger partial charge in [0.25, 0.3) is 0 Å². The Hall–Kier alpha value is 0.0700. The zero-order chi connectivity index (χ0) is 7.61. The minimum atomic E-state index is -1.53. The smallest absolute Gasteiger partial charge is 0.268 e.